The number of pyridine rings is 1. The van der Waals surface area contributed by atoms with E-state index in [0.29, 0.717) is 24.5 Å². The van der Waals surface area contributed by atoms with E-state index >= 15 is 0 Å². The fourth-order valence-electron chi connectivity index (χ4n) is 3.08. The van der Waals surface area contributed by atoms with Gasteiger partial charge < -0.3 is 9.42 Å². The topological polar surface area (TPSA) is 89.9 Å². The quantitative estimate of drug-likeness (QED) is 0.717. The number of hydrogen-bond donors (Lipinski definition) is 0. The third-order valence-corrected chi connectivity index (χ3v) is 4.41. The van der Waals surface area contributed by atoms with E-state index in [-0.39, 0.29) is 11.8 Å². The van der Waals surface area contributed by atoms with Gasteiger partial charge in [0, 0.05) is 25.7 Å². The average molecular weight is 338 g/mol. The van der Waals surface area contributed by atoms with Crippen molar-refractivity contribution in [3.63, 3.8) is 0 Å². The molecule has 0 aliphatic carbocycles. The highest BCUT2D eigenvalue weighted by molar-refractivity contribution is 5.78. The molecule has 0 spiro atoms. The summed E-state index contributed by atoms with van der Waals surface area (Å²) in [6, 6.07) is 7.44. The molecule has 1 aliphatic heterocycles. The molecule has 0 fully saturated rings. The number of aromatic nitrogens is 5. The molecule has 1 atom stereocenters. The van der Waals surface area contributed by atoms with E-state index in [0.717, 1.165) is 24.4 Å². The molecule has 8 heteroatoms. The van der Waals surface area contributed by atoms with E-state index in [2.05, 4.69) is 20.2 Å². The lowest BCUT2D eigenvalue weighted by Gasteiger charge is -2.26. The van der Waals surface area contributed by atoms with Gasteiger partial charge >= 0.3 is 0 Å². The Labute approximate surface area is 144 Å². The van der Waals surface area contributed by atoms with Crippen LogP contribution in [-0.4, -0.2) is 42.8 Å². The van der Waals surface area contributed by atoms with Crippen molar-refractivity contribution in [1.82, 2.24) is 29.8 Å². The Morgan fingerprint density at radius 3 is 3.12 bits per heavy atom. The Balaban J connectivity index is 1.41. The van der Waals surface area contributed by atoms with Crippen molar-refractivity contribution in [3.05, 3.63) is 48.4 Å². The molecule has 1 aliphatic rings. The van der Waals surface area contributed by atoms with Gasteiger partial charge in [-0.15, -0.1) is 0 Å². The maximum atomic E-state index is 12.7. The largest absolute Gasteiger partial charge is 0.359 e. The van der Waals surface area contributed by atoms with Crippen molar-refractivity contribution in [2.24, 2.45) is 5.92 Å². The number of aryl methyl sites for hydroxylation is 1. The van der Waals surface area contributed by atoms with Gasteiger partial charge in [0.05, 0.1) is 24.7 Å². The summed E-state index contributed by atoms with van der Waals surface area (Å²) in [7, 11) is 1.78. The van der Waals surface area contributed by atoms with E-state index in [1.165, 1.54) is 0 Å². The Morgan fingerprint density at radius 1 is 1.36 bits per heavy atom. The van der Waals surface area contributed by atoms with Crippen LogP contribution in [-0.2, 0) is 24.3 Å². The highest BCUT2D eigenvalue weighted by atomic mass is 16.5. The molecule has 0 aromatic carbocycles. The third-order valence-electron chi connectivity index (χ3n) is 4.41. The first-order valence-electron chi connectivity index (χ1n) is 8.19. The first-order valence-corrected chi connectivity index (χ1v) is 8.19. The summed E-state index contributed by atoms with van der Waals surface area (Å²) >= 11 is 0. The summed E-state index contributed by atoms with van der Waals surface area (Å²) in [5.41, 5.74) is 1.42. The van der Waals surface area contributed by atoms with Gasteiger partial charge in [0.25, 0.3) is 0 Å². The van der Waals surface area contributed by atoms with Crippen LogP contribution < -0.4 is 0 Å². The van der Waals surface area contributed by atoms with Crippen LogP contribution in [0.3, 0.4) is 0 Å². The van der Waals surface area contributed by atoms with Gasteiger partial charge in [0.15, 0.2) is 5.76 Å². The summed E-state index contributed by atoms with van der Waals surface area (Å²) < 4.78 is 7.17. The molecule has 0 saturated heterocycles. The molecule has 0 saturated carbocycles. The number of hydrogen-bond acceptors (Lipinski definition) is 6. The minimum atomic E-state index is -0.0858. The third kappa shape index (κ3) is 3.15. The zero-order valence-electron chi connectivity index (χ0n) is 13.9. The van der Waals surface area contributed by atoms with Gasteiger partial charge in [-0.2, -0.15) is 5.10 Å². The minimum absolute atomic E-state index is 0.0805. The molecule has 0 radical (unpaired) electrons. The molecule has 3 aromatic rings. The Morgan fingerprint density at radius 2 is 2.28 bits per heavy atom. The summed E-state index contributed by atoms with van der Waals surface area (Å²) in [5, 5.41) is 8.21. The zero-order chi connectivity index (χ0) is 17.2. The van der Waals surface area contributed by atoms with Gasteiger partial charge in [-0.25, -0.2) is 9.67 Å². The molecule has 3 aromatic heterocycles. The first-order chi connectivity index (χ1) is 12.2. The number of carbonyl (C=O) groups excluding carboxylic acids is 1. The molecule has 25 heavy (non-hydrogen) atoms. The SMILES string of the molecule is CN(Cc1cc(-c2ccccn2)no1)C(=O)C1CCc2ncnn2C1. The van der Waals surface area contributed by atoms with Crippen molar-refractivity contribution < 1.29 is 9.32 Å². The van der Waals surface area contributed by atoms with E-state index in [4.69, 9.17) is 4.52 Å². The lowest BCUT2D eigenvalue weighted by molar-refractivity contribution is -0.136. The van der Waals surface area contributed by atoms with Crippen LogP contribution in [0.2, 0.25) is 0 Å². The van der Waals surface area contributed by atoms with Crippen LogP contribution in [0.25, 0.3) is 11.4 Å². The molecule has 1 unspecified atom stereocenters. The van der Waals surface area contributed by atoms with Gasteiger partial charge in [-0.1, -0.05) is 11.2 Å². The van der Waals surface area contributed by atoms with Crippen LogP contribution in [0.5, 0.6) is 0 Å². The Hall–Kier alpha value is -3.03. The summed E-state index contributed by atoms with van der Waals surface area (Å²) in [6.45, 7) is 0.952. The lowest BCUT2D eigenvalue weighted by atomic mass is 9.98. The fourth-order valence-corrected chi connectivity index (χ4v) is 3.08. The monoisotopic (exact) mass is 338 g/mol. The predicted molar refractivity (Wildman–Crippen MR) is 88.0 cm³/mol. The van der Waals surface area contributed by atoms with Crippen LogP contribution in [0.1, 0.15) is 18.0 Å². The second-order valence-electron chi connectivity index (χ2n) is 6.18. The molecule has 8 nitrogen and oxygen atoms in total. The van der Waals surface area contributed by atoms with Crippen molar-refractivity contribution in [3.8, 4) is 11.4 Å². The van der Waals surface area contributed by atoms with Crippen molar-refractivity contribution in [2.45, 2.75) is 25.9 Å². The van der Waals surface area contributed by atoms with Crippen LogP contribution >= 0.6 is 0 Å². The van der Waals surface area contributed by atoms with Gasteiger partial charge in [-0.05, 0) is 18.6 Å². The molecular weight excluding hydrogens is 320 g/mol. The fraction of sp³-hybridized carbons (Fsp3) is 0.353. The van der Waals surface area contributed by atoms with Crippen LogP contribution in [0, 0.1) is 5.92 Å². The van der Waals surface area contributed by atoms with Gasteiger partial charge in [0.1, 0.15) is 17.8 Å². The van der Waals surface area contributed by atoms with E-state index in [1.807, 2.05) is 28.9 Å². The highest BCUT2D eigenvalue weighted by Crippen LogP contribution is 2.21. The average Bonchev–Trinajstić information content (AvgIpc) is 3.30. The summed E-state index contributed by atoms with van der Waals surface area (Å²) in [6.07, 6.45) is 4.81. The van der Waals surface area contributed by atoms with Crippen LogP contribution in [0.15, 0.2) is 41.3 Å². The molecule has 4 heterocycles. The maximum absolute atomic E-state index is 12.7. The van der Waals surface area contributed by atoms with E-state index in [1.54, 1.807) is 24.5 Å². The Bertz CT molecular complexity index is 872. The highest BCUT2D eigenvalue weighted by Gasteiger charge is 2.28. The molecule has 4 rings (SSSR count). The number of fused-ring (bicyclic) bond motifs is 1. The van der Waals surface area contributed by atoms with Crippen molar-refractivity contribution >= 4 is 5.91 Å². The van der Waals surface area contributed by atoms with E-state index in [9.17, 15) is 4.79 Å². The number of amides is 1. The second kappa shape index (κ2) is 6.46. The second-order valence-corrected chi connectivity index (χ2v) is 6.18. The van der Waals surface area contributed by atoms with E-state index < -0.39 is 0 Å². The molecule has 0 bridgehead atoms. The molecular formula is C17H18N6O2. The standard InChI is InChI=1S/C17H18N6O2/c1-22(17(24)12-5-6-16-19-11-20-23(16)9-12)10-13-8-15(21-25-13)14-4-2-3-7-18-14/h2-4,7-8,11-12H,5-6,9-10H2,1H3. The smallest absolute Gasteiger partial charge is 0.227 e. The number of rotatable bonds is 4. The van der Waals surface area contributed by atoms with Gasteiger partial charge in [-0.3, -0.25) is 9.78 Å². The Kier molecular flexibility index (Phi) is 4.01. The molecule has 1 amide bonds. The first kappa shape index (κ1) is 15.5. The summed E-state index contributed by atoms with van der Waals surface area (Å²) in [5.74, 6) is 1.57. The predicted octanol–water partition coefficient (Wildman–Crippen LogP) is 1.55. The van der Waals surface area contributed by atoms with Crippen molar-refractivity contribution in [2.75, 3.05) is 7.05 Å². The van der Waals surface area contributed by atoms with Gasteiger partial charge in [0.2, 0.25) is 5.91 Å². The molecule has 128 valence electrons. The zero-order valence-corrected chi connectivity index (χ0v) is 13.9. The van der Waals surface area contributed by atoms with Crippen molar-refractivity contribution in [1.29, 1.82) is 0 Å². The maximum Gasteiger partial charge on any atom is 0.227 e. The minimum Gasteiger partial charge on any atom is -0.359 e. The molecule has 0 N–H and O–H groups in total. The van der Waals surface area contributed by atoms with Crippen LogP contribution in [0.4, 0.5) is 0 Å². The number of nitrogens with zero attached hydrogens (tertiary/aromatic N) is 6. The summed E-state index contributed by atoms with van der Waals surface area (Å²) in [4.78, 5) is 22.8. The normalized spacial score (nSPS) is 16.4. The number of carbonyl (C=O) groups is 1. The lowest BCUT2D eigenvalue weighted by Crippen LogP contribution is -2.37.